The van der Waals surface area contributed by atoms with Crippen molar-refractivity contribution in [3.8, 4) is 0 Å². The van der Waals surface area contributed by atoms with Gasteiger partial charge in [0.2, 0.25) is 0 Å². The quantitative estimate of drug-likeness (QED) is 0.864. The molecule has 1 saturated heterocycles. The first kappa shape index (κ1) is 15.3. The van der Waals surface area contributed by atoms with Gasteiger partial charge in [0, 0.05) is 31.3 Å². The highest BCUT2D eigenvalue weighted by Crippen LogP contribution is 2.32. The van der Waals surface area contributed by atoms with Crippen LogP contribution in [-0.4, -0.2) is 39.9 Å². The van der Waals surface area contributed by atoms with Gasteiger partial charge in [0.05, 0.1) is 6.61 Å². The molecule has 1 fully saturated rings. The first-order valence-electron chi connectivity index (χ1n) is 7.70. The third-order valence-electron chi connectivity index (χ3n) is 4.42. The molecule has 0 unspecified atom stereocenters. The lowest BCUT2D eigenvalue weighted by atomic mass is 9.79. The molecule has 3 heteroatoms. The van der Waals surface area contributed by atoms with Gasteiger partial charge in [-0.15, -0.1) is 0 Å². The maximum atomic E-state index is 5.53. The van der Waals surface area contributed by atoms with E-state index in [1.54, 1.807) is 0 Å². The van der Waals surface area contributed by atoms with E-state index in [-0.39, 0.29) is 0 Å². The second kappa shape index (κ2) is 7.09. The van der Waals surface area contributed by atoms with E-state index < -0.39 is 0 Å². The van der Waals surface area contributed by atoms with E-state index in [0.717, 1.165) is 32.8 Å². The minimum absolute atomic E-state index is 0.293. The number of methoxy groups -OCH3 is 1. The molecule has 1 aromatic carbocycles. The highest BCUT2D eigenvalue weighted by atomic mass is 16.5. The summed E-state index contributed by atoms with van der Waals surface area (Å²) in [4.78, 5) is 2.49. The summed E-state index contributed by atoms with van der Waals surface area (Å²) in [6.45, 7) is 9.57. The first-order valence-corrected chi connectivity index (χ1v) is 7.70. The van der Waals surface area contributed by atoms with Gasteiger partial charge in [-0.3, -0.25) is 0 Å². The van der Waals surface area contributed by atoms with Crippen molar-refractivity contribution in [2.45, 2.75) is 26.7 Å². The molecule has 1 aliphatic heterocycles. The molecule has 1 heterocycles. The molecule has 3 nitrogen and oxygen atoms in total. The Morgan fingerprint density at radius 3 is 2.40 bits per heavy atom. The SMILES string of the molecule is CCN(CC1(COC)CCNCC1)c1ccc(C)cc1. The zero-order valence-electron chi connectivity index (χ0n) is 13.1. The summed E-state index contributed by atoms with van der Waals surface area (Å²) in [5.74, 6) is 0. The molecule has 0 radical (unpaired) electrons. The third-order valence-corrected chi connectivity index (χ3v) is 4.42. The minimum atomic E-state index is 0.293. The summed E-state index contributed by atoms with van der Waals surface area (Å²) in [7, 11) is 1.83. The van der Waals surface area contributed by atoms with Crippen LogP contribution in [0.25, 0.3) is 0 Å². The Labute approximate surface area is 123 Å². The van der Waals surface area contributed by atoms with Crippen molar-refractivity contribution in [2.75, 3.05) is 44.8 Å². The Kier molecular flexibility index (Phi) is 5.44. The molecule has 0 aliphatic carbocycles. The molecule has 0 amide bonds. The first-order chi connectivity index (χ1) is 9.69. The summed E-state index contributed by atoms with van der Waals surface area (Å²) in [6.07, 6.45) is 2.40. The van der Waals surface area contributed by atoms with Crippen LogP contribution in [0.15, 0.2) is 24.3 Å². The lowest BCUT2D eigenvalue weighted by Gasteiger charge is -2.41. The van der Waals surface area contributed by atoms with Crippen LogP contribution < -0.4 is 10.2 Å². The predicted octanol–water partition coefficient (Wildman–Crippen LogP) is 2.84. The molecular formula is C17H28N2O. The Hall–Kier alpha value is -1.06. The second-order valence-corrected chi connectivity index (χ2v) is 6.03. The average Bonchev–Trinajstić information content (AvgIpc) is 2.47. The van der Waals surface area contributed by atoms with E-state index in [9.17, 15) is 0 Å². The molecule has 0 saturated carbocycles. The maximum absolute atomic E-state index is 5.53. The standard InChI is InChI=1S/C17H28N2O/c1-4-19(16-7-5-15(2)6-8-16)13-17(14-20-3)9-11-18-12-10-17/h5-8,18H,4,9-14H2,1-3H3. The molecule has 1 aliphatic rings. The number of ether oxygens (including phenoxy) is 1. The van der Waals surface area contributed by atoms with Crippen LogP contribution in [0.3, 0.4) is 0 Å². The van der Waals surface area contributed by atoms with Crippen molar-refractivity contribution >= 4 is 5.69 Å². The van der Waals surface area contributed by atoms with E-state index >= 15 is 0 Å². The van der Waals surface area contributed by atoms with Gasteiger partial charge in [-0.1, -0.05) is 17.7 Å². The topological polar surface area (TPSA) is 24.5 Å². The number of rotatable bonds is 6. The lowest BCUT2D eigenvalue weighted by molar-refractivity contribution is 0.0589. The van der Waals surface area contributed by atoms with Gasteiger partial charge >= 0.3 is 0 Å². The number of aryl methyl sites for hydroxylation is 1. The molecule has 0 atom stereocenters. The van der Waals surface area contributed by atoms with Gasteiger partial charge in [-0.2, -0.15) is 0 Å². The van der Waals surface area contributed by atoms with Gasteiger partial charge in [0.1, 0.15) is 0 Å². The molecule has 0 spiro atoms. The fourth-order valence-corrected chi connectivity index (χ4v) is 3.16. The van der Waals surface area contributed by atoms with Crippen LogP contribution in [-0.2, 0) is 4.74 Å². The molecule has 1 aromatic rings. The summed E-state index contributed by atoms with van der Waals surface area (Å²) < 4.78 is 5.53. The van der Waals surface area contributed by atoms with E-state index in [4.69, 9.17) is 4.74 Å². The summed E-state index contributed by atoms with van der Waals surface area (Å²) in [5.41, 5.74) is 2.94. The lowest BCUT2D eigenvalue weighted by Crippen LogP contribution is -2.47. The van der Waals surface area contributed by atoms with E-state index in [1.165, 1.54) is 24.1 Å². The number of nitrogens with one attached hydrogen (secondary N) is 1. The van der Waals surface area contributed by atoms with Crippen molar-refractivity contribution in [3.05, 3.63) is 29.8 Å². The number of piperidine rings is 1. The minimum Gasteiger partial charge on any atom is -0.384 e. The van der Waals surface area contributed by atoms with Crippen LogP contribution >= 0.6 is 0 Å². The van der Waals surface area contributed by atoms with Crippen LogP contribution in [0, 0.1) is 12.3 Å². The van der Waals surface area contributed by atoms with Gasteiger partial charge in [0.25, 0.3) is 0 Å². The van der Waals surface area contributed by atoms with E-state index in [1.807, 2.05) is 7.11 Å². The fourth-order valence-electron chi connectivity index (χ4n) is 3.16. The number of nitrogens with zero attached hydrogens (tertiary/aromatic N) is 1. The van der Waals surface area contributed by atoms with Crippen LogP contribution in [0.1, 0.15) is 25.3 Å². The predicted molar refractivity (Wildman–Crippen MR) is 85.5 cm³/mol. The number of anilines is 1. The van der Waals surface area contributed by atoms with Crippen molar-refractivity contribution in [1.82, 2.24) is 5.32 Å². The zero-order chi connectivity index (χ0) is 14.4. The monoisotopic (exact) mass is 276 g/mol. The van der Waals surface area contributed by atoms with Gasteiger partial charge in [-0.05, 0) is 51.9 Å². The van der Waals surface area contributed by atoms with Gasteiger partial charge < -0.3 is 15.0 Å². The largest absolute Gasteiger partial charge is 0.384 e. The van der Waals surface area contributed by atoms with Gasteiger partial charge in [-0.25, -0.2) is 0 Å². The zero-order valence-corrected chi connectivity index (χ0v) is 13.1. The summed E-state index contributed by atoms with van der Waals surface area (Å²) >= 11 is 0. The van der Waals surface area contributed by atoms with Crippen LogP contribution in [0.5, 0.6) is 0 Å². The Bertz CT molecular complexity index is 390. The number of hydrogen-bond donors (Lipinski definition) is 1. The maximum Gasteiger partial charge on any atom is 0.0536 e. The Balaban J connectivity index is 2.12. The molecular weight excluding hydrogens is 248 g/mol. The molecule has 20 heavy (non-hydrogen) atoms. The molecule has 1 N–H and O–H groups in total. The Morgan fingerprint density at radius 2 is 1.85 bits per heavy atom. The van der Waals surface area contributed by atoms with Crippen LogP contribution in [0.4, 0.5) is 5.69 Å². The van der Waals surface area contributed by atoms with Crippen molar-refractivity contribution in [2.24, 2.45) is 5.41 Å². The normalized spacial score (nSPS) is 17.9. The van der Waals surface area contributed by atoms with Crippen LogP contribution in [0.2, 0.25) is 0 Å². The summed E-state index contributed by atoms with van der Waals surface area (Å²) in [5, 5.41) is 3.46. The van der Waals surface area contributed by atoms with Crippen molar-refractivity contribution in [1.29, 1.82) is 0 Å². The van der Waals surface area contributed by atoms with E-state index in [2.05, 4.69) is 48.3 Å². The van der Waals surface area contributed by atoms with E-state index in [0.29, 0.717) is 5.41 Å². The summed E-state index contributed by atoms with van der Waals surface area (Å²) in [6, 6.07) is 8.87. The second-order valence-electron chi connectivity index (χ2n) is 6.03. The van der Waals surface area contributed by atoms with Crippen molar-refractivity contribution < 1.29 is 4.74 Å². The number of hydrogen-bond acceptors (Lipinski definition) is 3. The highest BCUT2D eigenvalue weighted by Gasteiger charge is 2.33. The fraction of sp³-hybridized carbons (Fsp3) is 0.647. The third kappa shape index (κ3) is 3.74. The Morgan fingerprint density at radius 1 is 1.20 bits per heavy atom. The molecule has 112 valence electrons. The average molecular weight is 276 g/mol. The highest BCUT2D eigenvalue weighted by molar-refractivity contribution is 5.47. The molecule has 0 bridgehead atoms. The molecule has 2 rings (SSSR count). The molecule has 0 aromatic heterocycles. The number of benzene rings is 1. The van der Waals surface area contributed by atoms with Gasteiger partial charge in [0.15, 0.2) is 0 Å². The van der Waals surface area contributed by atoms with Crippen molar-refractivity contribution in [3.63, 3.8) is 0 Å². The smallest absolute Gasteiger partial charge is 0.0536 e.